The Morgan fingerprint density at radius 3 is 2.36 bits per heavy atom. The summed E-state index contributed by atoms with van der Waals surface area (Å²) in [5.41, 5.74) is 9.15. The fourth-order valence-electron chi connectivity index (χ4n) is 4.67. The quantitative estimate of drug-likeness (QED) is 0.348. The third-order valence-electron chi connectivity index (χ3n) is 6.82. The Labute approximate surface area is 211 Å². The van der Waals surface area contributed by atoms with E-state index in [1.165, 1.54) is 5.56 Å². The summed E-state index contributed by atoms with van der Waals surface area (Å²) in [4.78, 5) is 19.9. The van der Waals surface area contributed by atoms with E-state index in [0.717, 1.165) is 44.7 Å². The molecule has 182 valence electrons. The Morgan fingerprint density at radius 1 is 0.889 bits per heavy atom. The fraction of sp³-hybridized carbons (Fsp3) is 0.233. The van der Waals surface area contributed by atoms with Crippen molar-refractivity contribution < 1.29 is 9.32 Å². The second kappa shape index (κ2) is 9.46. The van der Waals surface area contributed by atoms with Crippen LogP contribution in [0.15, 0.2) is 77.0 Å². The number of carbonyl (C=O) groups is 1. The fourth-order valence-corrected chi connectivity index (χ4v) is 4.67. The third-order valence-corrected chi connectivity index (χ3v) is 6.82. The average molecular weight is 479 g/mol. The minimum Gasteiger partial charge on any atom is -0.334 e. The maximum Gasteiger partial charge on any atom is 0.322 e. The third kappa shape index (κ3) is 4.54. The maximum absolute atomic E-state index is 13.4. The van der Waals surface area contributed by atoms with Gasteiger partial charge < -0.3 is 9.84 Å². The van der Waals surface area contributed by atoms with Crippen molar-refractivity contribution in [2.45, 2.75) is 47.2 Å². The summed E-state index contributed by atoms with van der Waals surface area (Å²) in [6.45, 7) is 10.6. The van der Waals surface area contributed by atoms with Crippen molar-refractivity contribution in [1.29, 1.82) is 0 Å². The summed E-state index contributed by atoms with van der Waals surface area (Å²) < 4.78 is 5.83. The highest BCUT2D eigenvalue weighted by Gasteiger charge is 2.36. The number of allylic oxidation sites excluding steroid dienone is 1. The lowest BCUT2D eigenvalue weighted by molar-refractivity contribution is 0.203. The van der Waals surface area contributed by atoms with Crippen molar-refractivity contribution in [2.24, 2.45) is 0 Å². The molecule has 3 aromatic carbocycles. The van der Waals surface area contributed by atoms with Gasteiger partial charge in [0.05, 0.1) is 18.2 Å². The molecule has 0 bridgehead atoms. The van der Waals surface area contributed by atoms with Gasteiger partial charge in [-0.3, -0.25) is 4.90 Å². The Kier molecular flexibility index (Phi) is 6.18. The summed E-state index contributed by atoms with van der Waals surface area (Å²) in [6.07, 6.45) is 0. The molecule has 0 saturated heterocycles. The zero-order valence-electron chi connectivity index (χ0n) is 21.3. The predicted molar refractivity (Wildman–Crippen MR) is 141 cm³/mol. The van der Waals surface area contributed by atoms with E-state index in [-0.39, 0.29) is 6.03 Å². The smallest absolute Gasteiger partial charge is 0.322 e. The van der Waals surface area contributed by atoms with Crippen molar-refractivity contribution >= 4 is 11.6 Å². The lowest BCUT2D eigenvalue weighted by atomic mass is 9.92. The molecule has 0 fully saturated rings. The van der Waals surface area contributed by atoms with Crippen molar-refractivity contribution in [3.63, 3.8) is 0 Å². The lowest BCUT2D eigenvalue weighted by Crippen LogP contribution is -2.45. The molecule has 1 aliphatic rings. The van der Waals surface area contributed by atoms with Gasteiger partial charge >= 0.3 is 6.03 Å². The van der Waals surface area contributed by atoms with Gasteiger partial charge in [-0.05, 0) is 62.9 Å². The van der Waals surface area contributed by atoms with E-state index in [4.69, 9.17) is 9.51 Å². The summed E-state index contributed by atoms with van der Waals surface area (Å²) >= 11 is 0. The Morgan fingerprint density at radius 2 is 1.64 bits per heavy atom. The van der Waals surface area contributed by atoms with Crippen LogP contribution in [0.5, 0.6) is 0 Å². The van der Waals surface area contributed by atoms with Crippen LogP contribution in [0.3, 0.4) is 0 Å². The number of hydrogen-bond donors (Lipinski definition) is 1. The van der Waals surface area contributed by atoms with E-state index in [9.17, 15) is 4.79 Å². The van der Waals surface area contributed by atoms with Gasteiger partial charge in [0.15, 0.2) is 0 Å². The van der Waals surface area contributed by atoms with Crippen LogP contribution >= 0.6 is 0 Å². The van der Waals surface area contributed by atoms with Gasteiger partial charge in [-0.15, -0.1) is 0 Å². The van der Waals surface area contributed by atoms with E-state index in [2.05, 4.69) is 61.6 Å². The molecule has 1 aliphatic heterocycles. The van der Waals surface area contributed by atoms with Crippen LogP contribution in [0.2, 0.25) is 0 Å². The van der Waals surface area contributed by atoms with Gasteiger partial charge in [0.25, 0.3) is 5.89 Å². The zero-order chi connectivity index (χ0) is 25.4. The highest BCUT2D eigenvalue weighted by atomic mass is 16.5. The minimum absolute atomic E-state index is 0.153. The second-order valence-electron chi connectivity index (χ2n) is 9.59. The molecule has 0 aliphatic carbocycles. The highest BCUT2D eigenvalue weighted by molar-refractivity contribution is 5.87. The highest BCUT2D eigenvalue weighted by Crippen LogP contribution is 2.38. The van der Waals surface area contributed by atoms with Crippen LogP contribution in [-0.4, -0.2) is 21.1 Å². The molecule has 1 atom stereocenters. The number of benzene rings is 3. The van der Waals surface area contributed by atoms with E-state index < -0.39 is 6.04 Å². The number of aryl methyl sites for hydroxylation is 4. The van der Waals surface area contributed by atoms with E-state index in [1.54, 1.807) is 4.90 Å². The van der Waals surface area contributed by atoms with Crippen LogP contribution in [-0.2, 0) is 6.54 Å². The standard InChI is InChI=1S/C30H30N4O2/c1-18-8-6-10-23(14-18)17-34-22(5)26(27(31-30(34)35)24-13-12-20(3)21(4)16-24)29-32-28(33-36-29)25-11-7-9-19(2)15-25/h6-16,27H,17H2,1-5H3,(H,31,35). The molecule has 6 heteroatoms. The Hall–Kier alpha value is -4.19. The Bertz CT molecular complexity index is 1480. The van der Waals surface area contributed by atoms with Crippen LogP contribution in [0.25, 0.3) is 17.0 Å². The molecule has 2 heterocycles. The number of carbonyl (C=O) groups excluding carboxylic acids is 1. The van der Waals surface area contributed by atoms with Crippen LogP contribution in [0.4, 0.5) is 4.79 Å². The molecule has 1 unspecified atom stereocenters. The predicted octanol–water partition coefficient (Wildman–Crippen LogP) is 6.67. The lowest BCUT2D eigenvalue weighted by Gasteiger charge is -2.35. The van der Waals surface area contributed by atoms with Crippen LogP contribution in [0.1, 0.15) is 52.2 Å². The van der Waals surface area contributed by atoms with Crippen molar-refractivity contribution in [3.05, 3.63) is 112 Å². The monoisotopic (exact) mass is 478 g/mol. The first-order chi connectivity index (χ1) is 17.3. The molecule has 5 rings (SSSR count). The number of aromatic nitrogens is 2. The normalized spacial score (nSPS) is 15.9. The molecule has 0 spiro atoms. The van der Waals surface area contributed by atoms with Crippen molar-refractivity contribution in [2.75, 3.05) is 0 Å². The first kappa shape index (κ1) is 23.5. The number of nitrogens with one attached hydrogen (secondary N) is 1. The van der Waals surface area contributed by atoms with Crippen LogP contribution < -0.4 is 5.32 Å². The van der Waals surface area contributed by atoms with Crippen molar-refractivity contribution in [1.82, 2.24) is 20.4 Å². The summed E-state index contributed by atoms with van der Waals surface area (Å²) in [7, 11) is 0. The van der Waals surface area contributed by atoms with Gasteiger partial charge in [-0.2, -0.15) is 4.98 Å². The maximum atomic E-state index is 13.4. The van der Waals surface area contributed by atoms with Gasteiger partial charge in [-0.1, -0.05) is 76.9 Å². The molecular weight excluding hydrogens is 448 g/mol. The zero-order valence-corrected chi connectivity index (χ0v) is 21.3. The summed E-state index contributed by atoms with van der Waals surface area (Å²) in [5.74, 6) is 0.927. The molecule has 36 heavy (non-hydrogen) atoms. The SMILES string of the molecule is CC1=C(c2nc(-c3cccc(C)c3)no2)C(c2ccc(C)c(C)c2)NC(=O)N1Cc1cccc(C)c1. The van der Waals surface area contributed by atoms with E-state index in [0.29, 0.717) is 18.3 Å². The Balaban J connectivity index is 1.62. The van der Waals surface area contributed by atoms with E-state index >= 15 is 0 Å². The molecule has 4 aromatic rings. The van der Waals surface area contributed by atoms with E-state index in [1.807, 2.05) is 50.2 Å². The van der Waals surface area contributed by atoms with Gasteiger partial charge in [0.1, 0.15) is 0 Å². The number of urea groups is 1. The average Bonchev–Trinajstić information content (AvgIpc) is 3.33. The molecule has 1 aromatic heterocycles. The largest absolute Gasteiger partial charge is 0.334 e. The number of hydrogen-bond acceptors (Lipinski definition) is 4. The topological polar surface area (TPSA) is 71.3 Å². The van der Waals surface area contributed by atoms with Crippen LogP contribution in [0, 0.1) is 27.7 Å². The van der Waals surface area contributed by atoms with Crippen molar-refractivity contribution in [3.8, 4) is 11.4 Å². The first-order valence-electron chi connectivity index (χ1n) is 12.1. The molecule has 6 nitrogen and oxygen atoms in total. The summed E-state index contributed by atoms with van der Waals surface area (Å²) in [6, 6.07) is 21.9. The minimum atomic E-state index is -0.406. The molecule has 0 saturated carbocycles. The number of rotatable bonds is 5. The molecule has 1 N–H and O–H groups in total. The first-order valence-corrected chi connectivity index (χ1v) is 12.1. The summed E-state index contributed by atoms with van der Waals surface area (Å²) in [5, 5.41) is 7.49. The number of nitrogens with zero attached hydrogens (tertiary/aromatic N) is 3. The molecular formula is C30H30N4O2. The number of amides is 2. The van der Waals surface area contributed by atoms with Gasteiger partial charge in [0, 0.05) is 11.3 Å². The van der Waals surface area contributed by atoms with Gasteiger partial charge in [-0.25, -0.2) is 4.79 Å². The van der Waals surface area contributed by atoms with Gasteiger partial charge in [0.2, 0.25) is 5.82 Å². The molecule has 0 radical (unpaired) electrons. The second-order valence-corrected chi connectivity index (χ2v) is 9.59. The molecule has 2 amide bonds.